The molecular formula is C14H9BrN4S. The second-order valence-corrected chi connectivity index (χ2v) is 5.22. The van der Waals surface area contributed by atoms with Gasteiger partial charge in [-0.2, -0.15) is 0 Å². The largest absolute Gasteiger partial charge is 0.337 e. The monoisotopic (exact) mass is 344 g/mol. The second-order valence-electron chi connectivity index (χ2n) is 4.04. The van der Waals surface area contributed by atoms with Crippen molar-refractivity contribution < 1.29 is 0 Å². The fourth-order valence-electron chi connectivity index (χ4n) is 1.81. The molecule has 0 amide bonds. The topological polar surface area (TPSA) is 54.5 Å². The Labute approximate surface area is 129 Å². The van der Waals surface area contributed by atoms with Gasteiger partial charge in [0.1, 0.15) is 16.7 Å². The molecule has 0 saturated carbocycles. The smallest absolute Gasteiger partial charge is 0.158 e. The van der Waals surface area contributed by atoms with Crippen LogP contribution in [0.4, 0.5) is 0 Å². The van der Waals surface area contributed by atoms with Crippen LogP contribution in [0.3, 0.4) is 0 Å². The van der Waals surface area contributed by atoms with Crippen molar-refractivity contribution in [1.29, 1.82) is 0 Å². The van der Waals surface area contributed by atoms with E-state index in [0.717, 1.165) is 15.7 Å². The second kappa shape index (κ2) is 5.60. The number of halogens is 1. The lowest BCUT2D eigenvalue weighted by Crippen LogP contribution is -1.96. The highest BCUT2D eigenvalue weighted by atomic mass is 79.9. The Kier molecular flexibility index (Phi) is 3.66. The molecule has 0 bridgehead atoms. The van der Waals surface area contributed by atoms with Gasteiger partial charge in [-0.1, -0.05) is 42.5 Å². The molecule has 0 atom stereocenters. The maximum absolute atomic E-state index is 5.31. The van der Waals surface area contributed by atoms with Gasteiger partial charge < -0.3 is 4.98 Å². The van der Waals surface area contributed by atoms with Crippen LogP contribution in [0.2, 0.25) is 0 Å². The molecule has 0 spiro atoms. The summed E-state index contributed by atoms with van der Waals surface area (Å²) in [5.41, 5.74) is 2.62. The molecular weight excluding hydrogens is 336 g/mol. The Morgan fingerprint density at radius 3 is 2.60 bits per heavy atom. The van der Waals surface area contributed by atoms with Crippen molar-refractivity contribution in [2.75, 3.05) is 0 Å². The molecule has 1 aromatic carbocycles. The summed E-state index contributed by atoms with van der Waals surface area (Å²) in [7, 11) is 0. The molecule has 3 aromatic rings. The third-order valence-electron chi connectivity index (χ3n) is 2.75. The van der Waals surface area contributed by atoms with E-state index in [4.69, 9.17) is 12.2 Å². The van der Waals surface area contributed by atoms with Crippen molar-refractivity contribution in [3.63, 3.8) is 0 Å². The number of aromatic nitrogens is 4. The fourth-order valence-corrected chi connectivity index (χ4v) is 2.42. The summed E-state index contributed by atoms with van der Waals surface area (Å²) >= 11 is 8.80. The molecule has 3 rings (SSSR count). The molecule has 2 aromatic heterocycles. The van der Waals surface area contributed by atoms with Crippen molar-refractivity contribution in [2.24, 2.45) is 0 Å². The standard InChI is InChI=1S/C14H9BrN4S/c15-11-12(9-4-2-1-3-5-9)18-13(19-14(11)20)10-6-7-16-8-17-10/h1-8H,(H,18,19,20). The quantitative estimate of drug-likeness (QED) is 0.713. The van der Waals surface area contributed by atoms with Crippen LogP contribution in [0.25, 0.3) is 22.8 Å². The van der Waals surface area contributed by atoms with Gasteiger partial charge in [0.25, 0.3) is 0 Å². The van der Waals surface area contributed by atoms with Gasteiger partial charge in [-0.3, -0.25) is 0 Å². The normalized spacial score (nSPS) is 10.4. The number of aromatic amines is 1. The molecule has 98 valence electrons. The van der Waals surface area contributed by atoms with Crippen molar-refractivity contribution >= 4 is 28.1 Å². The van der Waals surface area contributed by atoms with E-state index < -0.39 is 0 Å². The molecule has 0 radical (unpaired) electrons. The number of nitrogens with one attached hydrogen (secondary N) is 1. The number of hydrogen-bond donors (Lipinski definition) is 1. The number of hydrogen-bond acceptors (Lipinski definition) is 4. The number of H-pyrrole nitrogens is 1. The minimum Gasteiger partial charge on any atom is -0.337 e. The van der Waals surface area contributed by atoms with Crippen LogP contribution in [-0.2, 0) is 0 Å². The summed E-state index contributed by atoms with van der Waals surface area (Å²) in [6, 6.07) is 11.7. The first-order chi connectivity index (χ1) is 9.75. The van der Waals surface area contributed by atoms with E-state index in [2.05, 4.69) is 35.9 Å². The summed E-state index contributed by atoms with van der Waals surface area (Å²) in [5, 5.41) is 0. The number of benzene rings is 1. The zero-order valence-electron chi connectivity index (χ0n) is 10.2. The van der Waals surface area contributed by atoms with Crippen LogP contribution in [0.1, 0.15) is 0 Å². The molecule has 20 heavy (non-hydrogen) atoms. The maximum atomic E-state index is 5.31. The van der Waals surface area contributed by atoms with Crippen LogP contribution < -0.4 is 0 Å². The van der Waals surface area contributed by atoms with Crippen molar-refractivity contribution in [1.82, 2.24) is 19.9 Å². The molecule has 0 fully saturated rings. The van der Waals surface area contributed by atoms with Gasteiger partial charge in [0.05, 0.1) is 10.2 Å². The first kappa shape index (κ1) is 13.1. The third kappa shape index (κ3) is 2.52. The average Bonchev–Trinajstić information content (AvgIpc) is 2.51. The minimum absolute atomic E-state index is 0.496. The molecule has 0 saturated heterocycles. The summed E-state index contributed by atoms with van der Waals surface area (Å²) in [4.78, 5) is 15.7. The molecule has 0 unspecified atom stereocenters. The van der Waals surface area contributed by atoms with Crippen LogP contribution in [0.5, 0.6) is 0 Å². The molecule has 6 heteroatoms. The molecule has 1 N–H and O–H groups in total. The molecule has 0 aliphatic carbocycles. The van der Waals surface area contributed by atoms with E-state index in [1.54, 1.807) is 12.3 Å². The highest BCUT2D eigenvalue weighted by molar-refractivity contribution is 9.10. The Morgan fingerprint density at radius 1 is 1.10 bits per heavy atom. The lowest BCUT2D eigenvalue weighted by atomic mass is 10.1. The van der Waals surface area contributed by atoms with Gasteiger partial charge in [0.15, 0.2) is 5.82 Å². The zero-order valence-corrected chi connectivity index (χ0v) is 12.6. The third-order valence-corrected chi connectivity index (χ3v) is 4.08. The maximum Gasteiger partial charge on any atom is 0.158 e. The molecule has 2 heterocycles. The van der Waals surface area contributed by atoms with Crippen LogP contribution in [-0.4, -0.2) is 19.9 Å². The van der Waals surface area contributed by atoms with Gasteiger partial charge >= 0.3 is 0 Å². The highest BCUT2D eigenvalue weighted by Gasteiger charge is 2.10. The molecule has 0 aliphatic heterocycles. The average molecular weight is 345 g/mol. The SMILES string of the molecule is S=c1nc(-c2ccncn2)[nH]c(-c2ccccc2)c1Br. The summed E-state index contributed by atoms with van der Waals surface area (Å²) < 4.78 is 1.27. The van der Waals surface area contributed by atoms with E-state index in [1.807, 2.05) is 30.3 Å². The molecule has 0 aliphatic rings. The van der Waals surface area contributed by atoms with Gasteiger partial charge in [-0.25, -0.2) is 15.0 Å². The van der Waals surface area contributed by atoms with Crippen molar-refractivity contribution in [2.45, 2.75) is 0 Å². The van der Waals surface area contributed by atoms with Crippen LogP contribution >= 0.6 is 28.1 Å². The lowest BCUT2D eigenvalue weighted by Gasteiger charge is -2.08. The van der Waals surface area contributed by atoms with Gasteiger partial charge in [0.2, 0.25) is 0 Å². The van der Waals surface area contributed by atoms with Gasteiger partial charge in [0, 0.05) is 6.20 Å². The predicted octanol–water partition coefficient (Wildman–Crippen LogP) is 4.03. The Balaban J connectivity index is 2.22. The van der Waals surface area contributed by atoms with Crippen molar-refractivity contribution in [3.05, 3.63) is 58.0 Å². The van der Waals surface area contributed by atoms with E-state index in [0.29, 0.717) is 16.2 Å². The van der Waals surface area contributed by atoms with E-state index in [-0.39, 0.29) is 0 Å². The van der Waals surface area contributed by atoms with E-state index in [1.165, 1.54) is 6.33 Å². The summed E-state index contributed by atoms with van der Waals surface area (Å²) in [6.45, 7) is 0. The van der Waals surface area contributed by atoms with E-state index >= 15 is 0 Å². The zero-order chi connectivity index (χ0) is 13.9. The van der Waals surface area contributed by atoms with Gasteiger partial charge in [-0.15, -0.1) is 0 Å². The number of rotatable bonds is 2. The molecule has 4 nitrogen and oxygen atoms in total. The number of nitrogens with zero attached hydrogens (tertiary/aromatic N) is 3. The van der Waals surface area contributed by atoms with Crippen LogP contribution in [0, 0.1) is 4.64 Å². The first-order valence-corrected chi connectivity index (χ1v) is 7.07. The lowest BCUT2D eigenvalue weighted by molar-refractivity contribution is 1.09. The minimum atomic E-state index is 0.496. The Morgan fingerprint density at radius 2 is 1.90 bits per heavy atom. The van der Waals surface area contributed by atoms with Crippen molar-refractivity contribution in [3.8, 4) is 22.8 Å². The Hall–Kier alpha value is -1.92. The summed E-state index contributed by atoms with van der Waals surface area (Å²) in [5.74, 6) is 0.624. The van der Waals surface area contributed by atoms with Gasteiger partial charge in [-0.05, 0) is 27.6 Å². The Bertz CT molecular complexity index is 787. The summed E-state index contributed by atoms with van der Waals surface area (Å²) in [6.07, 6.45) is 3.16. The van der Waals surface area contributed by atoms with Crippen LogP contribution in [0.15, 0.2) is 53.4 Å². The predicted molar refractivity (Wildman–Crippen MR) is 83.6 cm³/mol. The highest BCUT2D eigenvalue weighted by Crippen LogP contribution is 2.28. The first-order valence-electron chi connectivity index (χ1n) is 5.87. The fraction of sp³-hybridized carbons (Fsp3) is 0. The van der Waals surface area contributed by atoms with E-state index in [9.17, 15) is 0 Å².